The van der Waals surface area contributed by atoms with Crippen molar-refractivity contribution in [3.05, 3.63) is 215 Å². The second-order valence-electron chi connectivity index (χ2n) is 34.6. The number of hydrogen-bond acceptors (Lipinski definition) is 11. The molecule has 119 heavy (non-hydrogen) atoms. The van der Waals surface area contributed by atoms with Crippen LogP contribution in [0.4, 0.5) is 0 Å². The van der Waals surface area contributed by atoms with Crippen molar-refractivity contribution in [1.82, 2.24) is 10.6 Å². The molecule has 0 aromatic heterocycles. The van der Waals surface area contributed by atoms with Crippen molar-refractivity contribution >= 4 is 11.8 Å². The predicted octanol–water partition coefficient (Wildman–Crippen LogP) is 26.7. The molecule has 10 atom stereocenters. The van der Waals surface area contributed by atoms with Crippen LogP contribution in [0.25, 0.3) is 0 Å². The topological polar surface area (TPSA) is 141 Å². The van der Waals surface area contributed by atoms with E-state index < -0.39 is 61.4 Å². The first-order valence-electron chi connectivity index (χ1n) is 48.3. The lowest BCUT2D eigenvalue weighted by Gasteiger charge is -2.50. The normalized spacial score (nSPS) is 19.4. The Bertz CT molecular complexity index is 3110. The summed E-state index contributed by atoms with van der Waals surface area (Å²) in [4.78, 5) is 30.9. The lowest BCUT2D eigenvalue weighted by atomic mass is 9.92. The van der Waals surface area contributed by atoms with Crippen LogP contribution in [0.2, 0.25) is 0 Å². The molecule has 6 aromatic carbocycles. The molecule has 2 aliphatic heterocycles. The molecule has 0 bridgehead atoms. The Labute approximate surface area is 722 Å². The van der Waals surface area contributed by atoms with Crippen LogP contribution < -0.4 is 10.6 Å². The van der Waals surface area contributed by atoms with Gasteiger partial charge in [0.1, 0.15) is 48.8 Å². The Morgan fingerprint density at radius 1 is 0.252 bits per heavy atom. The average Bonchev–Trinajstić information content (AvgIpc) is 0.763. The fourth-order valence-corrected chi connectivity index (χ4v) is 17.2. The zero-order valence-corrected chi connectivity index (χ0v) is 74.5. The molecule has 0 spiro atoms. The molecule has 2 heterocycles. The number of unbranched alkanes of at least 4 members (excludes halogenated alkanes) is 36. The highest BCUT2D eigenvalue weighted by atomic mass is 16.8. The van der Waals surface area contributed by atoms with E-state index in [0.29, 0.717) is 0 Å². The van der Waals surface area contributed by atoms with Gasteiger partial charge in [-0.15, -0.1) is 0 Å². The minimum Gasteiger partial charge on any atom is -0.368 e. The van der Waals surface area contributed by atoms with Crippen LogP contribution in [0, 0.1) is 11.8 Å². The highest BCUT2D eigenvalue weighted by Crippen LogP contribution is 2.38. The Hall–Kier alpha value is -6.10. The molecule has 2 amide bonds. The van der Waals surface area contributed by atoms with Gasteiger partial charge in [0, 0.05) is 24.9 Å². The molecule has 8 rings (SSSR count). The second-order valence-corrected chi connectivity index (χ2v) is 34.6. The quantitative estimate of drug-likeness (QED) is 0.0353. The molecule has 2 saturated heterocycles. The summed E-state index contributed by atoms with van der Waals surface area (Å²) in [5, 5.41) is 7.08. The molecular weight excluding hydrogens is 1480 g/mol. The van der Waals surface area contributed by atoms with Crippen molar-refractivity contribution < 1.29 is 52.2 Å². The van der Waals surface area contributed by atoms with Crippen LogP contribution in [0.15, 0.2) is 182 Å². The van der Waals surface area contributed by atoms with Crippen LogP contribution in [-0.4, -0.2) is 86.3 Å². The Kier molecular flexibility index (Phi) is 52.7. The molecule has 13 heteroatoms. The molecule has 6 aromatic rings. The van der Waals surface area contributed by atoms with Crippen molar-refractivity contribution in [3.8, 4) is 0 Å². The lowest BCUT2D eigenvalue weighted by molar-refractivity contribution is -0.390. The van der Waals surface area contributed by atoms with Crippen molar-refractivity contribution in [1.29, 1.82) is 0 Å². The zero-order valence-electron chi connectivity index (χ0n) is 74.5. The van der Waals surface area contributed by atoms with Gasteiger partial charge in [0.2, 0.25) is 11.8 Å². The zero-order chi connectivity index (χ0) is 83.3. The summed E-state index contributed by atoms with van der Waals surface area (Å²) in [6, 6.07) is 61.2. The summed E-state index contributed by atoms with van der Waals surface area (Å²) in [5.41, 5.74) is 5.79. The van der Waals surface area contributed by atoms with Gasteiger partial charge in [-0.2, -0.15) is 0 Å². The summed E-state index contributed by atoms with van der Waals surface area (Å²) in [7, 11) is 0. The Morgan fingerprint density at radius 2 is 0.437 bits per heavy atom. The van der Waals surface area contributed by atoms with Crippen molar-refractivity contribution in [2.75, 3.05) is 13.1 Å². The van der Waals surface area contributed by atoms with Gasteiger partial charge in [0.05, 0.1) is 39.6 Å². The minimum absolute atomic E-state index is 0.0352. The maximum absolute atomic E-state index is 15.4. The van der Waals surface area contributed by atoms with E-state index in [4.69, 9.17) is 42.6 Å². The fourth-order valence-electron chi connectivity index (χ4n) is 17.2. The first-order chi connectivity index (χ1) is 58.8. The number of benzene rings is 6. The summed E-state index contributed by atoms with van der Waals surface area (Å²) < 4.78 is 67.2. The van der Waals surface area contributed by atoms with Gasteiger partial charge >= 0.3 is 0 Å². The first kappa shape index (κ1) is 98.3. The molecule has 2 fully saturated rings. The number of rotatable bonds is 70. The molecule has 660 valence electrons. The molecular formula is C106H160N2O11. The molecule has 0 radical (unpaired) electrons. The molecule has 2 aliphatic rings. The molecule has 0 saturated carbocycles. The SMILES string of the molecule is CCCCCCCCCCCCC(CCCCCCCCCCCC)C(=O)NCC1O[C@@H](O[C@@H]2OC(CNC(=O)C(CCCCCCCCCCCC)CCCCCCCCCCCC)[C@H](OCc3ccccc3)[C@H](OCc3ccccc3)C2OCc2ccccc2)C(OCc2ccccc2)[C@@H](OCc2ccccc2)[C@H]1OCc1ccccc1. The average molecular weight is 1640 g/mol. The number of nitrogens with one attached hydrogen (secondary N) is 2. The highest BCUT2D eigenvalue weighted by Gasteiger charge is 2.55. The van der Waals surface area contributed by atoms with Gasteiger partial charge in [-0.3, -0.25) is 9.59 Å². The third kappa shape index (κ3) is 40.8. The summed E-state index contributed by atoms with van der Waals surface area (Å²) >= 11 is 0. The largest absolute Gasteiger partial charge is 0.368 e. The fraction of sp³-hybridized carbons (Fsp3) is 0.642. The number of amides is 2. The van der Waals surface area contributed by atoms with E-state index in [0.717, 1.165) is 110 Å². The maximum Gasteiger partial charge on any atom is 0.223 e. The van der Waals surface area contributed by atoms with E-state index >= 15 is 9.59 Å². The smallest absolute Gasteiger partial charge is 0.223 e. The lowest BCUT2D eigenvalue weighted by Crippen LogP contribution is -2.67. The molecule has 4 unspecified atom stereocenters. The molecule has 0 aliphatic carbocycles. The monoisotopic (exact) mass is 1640 g/mol. The van der Waals surface area contributed by atoms with Gasteiger partial charge in [-0.25, -0.2) is 0 Å². The van der Waals surface area contributed by atoms with Crippen LogP contribution in [-0.2, 0) is 91.9 Å². The van der Waals surface area contributed by atoms with Crippen LogP contribution >= 0.6 is 0 Å². The predicted molar refractivity (Wildman–Crippen MR) is 487 cm³/mol. The summed E-state index contributed by atoms with van der Waals surface area (Å²) in [5.74, 6) is -0.264. The highest BCUT2D eigenvalue weighted by molar-refractivity contribution is 5.79. The maximum atomic E-state index is 15.4. The van der Waals surface area contributed by atoms with Crippen LogP contribution in [0.1, 0.15) is 344 Å². The molecule has 13 nitrogen and oxygen atoms in total. The minimum atomic E-state index is -1.24. The van der Waals surface area contributed by atoms with E-state index in [-0.39, 0.29) is 76.4 Å². The van der Waals surface area contributed by atoms with Gasteiger partial charge in [-0.1, -0.05) is 467 Å². The van der Waals surface area contributed by atoms with E-state index in [9.17, 15) is 0 Å². The van der Waals surface area contributed by atoms with Gasteiger partial charge < -0.3 is 53.3 Å². The van der Waals surface area contributed by atoms with Gasteiger partial charge in [-0.05, 0) is 59.1 Å². The molecule has 2 N–H and O–H groups in total. The van der Waals surface area contributed by atoms with Crippen molar-refractivity contribution in [3.63, 3.8) is 0 Å². The number of hydrogen-bond donors (Lipinski definition) is 2. The number of ether oxygens (including phenoxy) is 9. The number of carbonyl (C=O) groups excluding carboxylic acids is 2. The van der Waals surface area contributed by atoms with Crippen molar-refractivity contribution in [2.24, 2.45) is 11.8 Å². The van der Waals surface area contributed by atoms with Gasteiger partial charge in [0.25, 0.3) is 0 Å². The number of carbonyl (C=O) groups is 2. The first-order valence-corrected chi connectivity index (χ1v) is 48.3. The Morgan fingerprint density at radius 3 is 0.647 bits per heavy atom. The van der Waals surface area contributed by atoms with Crippen LogP contribution in [0.5, 0.6) is 0 Å². The van der Waals surface area contributed by atoms with Crippen LogP contribution in [0.3, 0.4) is 0 Å². The summed E-state index contributed by atoms with van der Waals surface area (Å²) in [6.45, 7) is 10.6. The third-order valence-corrected chi connectivity index (χ3v) is 24.5. The standard InChI is InChI=1S/C106H160N2O11/c1-5-9-13-17-21-25-29-33-37-59-75-93(76-60-38-34-30-26-22-18-14-10-6-2)103(109)107-79-95-97(111-81-87-63-47-41-48-64-87)99(113-83-89-67-51-43-52-68-89)101(115-85-91-71-55-45-56-72-91)105(117-95)119-106-102(116-86-92-73-57-46-58-74-92)100(114-84-90-69-53-44-54-70-90)98(112-82-88-65-49-42-50-66-88)96(118-106)80-108-104(110)94(77-61-39-35-31-27-23-19-15-11-7-3)78-62-40-36-32-28-24-20-16-12-8-4/h41-58,63-74,93-102,105-106H,5-40,59-62,75-86H2,1-4H3,(H,107,109)(H,108,110)/t95?,96?,97-,98-,99-,100-,101?,102?,105-,106-/m0/s1. The van der Waals surface area contributed by atoms with Gasteiger partial charge in [0.15, 0.2) is 12.6 Å². The van der Waals surface area contributed by atoms with E-state index in [1.54, 1.807) is 0 Å². The van der Waals surface area contributed by atoms with E-state index in [2.05, 4.69) is 111 Å². The van der Waals surface area contributed by atoms with E-state index in [1.165, 1.54) is 205 Å². The summed E-state index contributed by atoms with van der Waals surface area (Å²) in [6.07, 6.45) is 43.4. The Balaban J connectivity index is 1.16. The van der Waals surface area contributed by atoms with E-state index in [1.807, 2.05) is 109 Å². The third-order valence-electron chi connectivity index (χ3n) is 24.5. The van der Waals surface area contributed by atoms with Crippen molar-refractivity contribution in [2.45, 2.75) is 411 Å². The second kappa shape index (κ2) is 63.8.